The van der Waals surface area contributed by atoms with Crippen molar-refractivity contribution in [2.45, 2.75) is 6.29 Å². The number of fused-ring (bicyclic) bond motifs is 1. The zero-order valence-corrected chi connectivity index (χ0v) is 15.2. The van der Waals surface area contributed by atoms with Gasteiger partial charge in [0.1, 0.15) is 0 Å². The summed E-state index contributed by atoms with van der Waals surface area (Å²) in [5, 5.41) is 2.62. The second-order valence-corrected chi connectivity index (χ2v) is 6.13. The standard InChI is InChI=1S/C16H12F2INO5/c1-22-12-6-9(10(19)7-13(12)23-2)15(21)20-8-3-4-11-14(5-8)25-16(17,18)24-11/h3-7H,1-2H3,(H,20,21). The number of benzene rings is 2. The molecule has 1 amide bonds. The number of carbonyl (C=O) groups is 1. The summed E-state index contributed by atoms with van der Waals surface area (Å²) in [5.41, 5.74) is 0.636. The maximum Gasteiger partial charge on any atom is 0.586 e. The van der Waals surface area contributed by atoms with Crippen molar-refractivity contribution in [1.82, 2.24) is 0 Å². The van der Waals surface area contributed by atoms with Crippen molar-refractivity contribution in [3.05, 3.63) is 39.5 Å². The van der Waals surface area contributed by atoms with Crippen LogP contribution in [-0.2, 0) is 0 Å². The average molecular weight is 463 g/mol. The van der Waals surface area contributed by atoms with Gasteiger partial charge in [-0.15, -0.1) is 8.78 Å². The highest BCUT2D eigenvalue weighted by atomic mass is 127. The molecule has 0 saturated carbocycles. The van der Waals surface area contributed by atoms with E-state index in [1.54, 1.807) is 6.07 Å². The second-order valence-electron chi connectivity index (χ2n) is 4.97. The maximum absolute atomic E-state index is 13.0. The molecular formula is C16H12F2INO5. The summed E-state index contributed by atoms with van der Waals surface area (Å²) in [6, 6.07) is 7.20. The van der Waals surface area contributed by atoms with Gasteiger partial charge in [0.25, 0.3) is 5.91 Å². The highest BCUT2D eigenvalue weighted by Crippen LogP contribution is 2.42. The number of hydrogen-bond donors (Lipinski definition) is 1. The third-order valence-corrected chi connectivity index (χ3v) is 4.27. The molecule has 9 heteroatoms. The molecule has 0 radical (unpaired) electrons. The number of amides is 1. The Morgan fingerprint density at radius 3 is 2.40 bits per heavy atom. The van der Waals surface area contributed by atoms with Crippen molar-refractivity contribution in [2.24, 2.45) is 0 Å². The van der Waals surface area contributed by atoms with Crippen LogP contribution in [0.15, 0.2) is 30.3 Å². The van der Waals surface area contributed by atoms with Crippen molar-refractivity contribution in [3.63, 3.8) is 0 Å². The summed E-state index contributed by atoms with van der Waals surface area (Å²) < 4.78 is 45.8. The van der Waals surface area contributed by atoms with E-state index in [1.165, 1.54) is 38.5 Å². The number of anilines is 1. The largest absolute Gasteiger partial charge is 0.586 e. The molecule has 3 rings (SSSR count). The normalized spacial score (nSPS) is 14.1. The molecule has 0 aliphatic carbocycles. The molecule has 0 aromatic heterocycles. The number of ether oxygens (including phenoxy) is 4. The summed E-state index contributed by atoms with van der Waals surface area (Å²) in [6.45, 7) is 0. The molecule has 1 aliphatic rings. The van der Waals surface area contributed by atoms with E-state index in [1.807, 2.05) is 22.6 Å². The predicted octanol–water partition coefficient (Wildman–Crippen LogP) is 3.88. The first kappa shape index (κ1) is 17.5. The molecule has 1 aliphatic heterocycles. The first-order chi connectivity index (χ1) is 11.8. The lowest BCUT2D eigenvalue weighted by Gasteiger charge is -2.12. The summed E-state index contributed by atoms with van der Waals surface area (Å²) >= 11 is 1.99. The fraction of sp³-hybridized carbons (Fsp3) is 0.188. The lowest BCUT2D eigenvalue weighted by Crippen LogP contribution is -2.25. The van der Waals surface area contributed by atoms with Gasteiger partial charge < -0.3 is 24.3 Å². The number of halogens is 3. The maximum atomic E-state index is 13.0. The third-order valence-electron chi connectivity index (χ3n) is 3.38. The van der Waals surface area contributed by atoms with Crippen molar-refractivity contribution in [3.8, 4) is 23.0 Å². The number of hydrogen-bond acceptors (Lipinski definition) is 5. The van der Waals surface area contributed by atoms with Crippen LogP contribution in [0.4, 0.5) is 14.5 Å². The van der Waals surface area contributed by atoms with E-state index in [-0.39, 0.29) is 17.2 Å². The summed E-state index contributed by atoms with van der Waals surface area (Å²) in [4.78, 5) is 12.5. The first-order valence-corrected chi connectivity index (χ1v) is 8.03. The van der Waals surface area contributed by atoms with Crippen LogP contribution in [0.5, 0.6) is 23.0 Å². The second kappa shape index (κ2) is 6.54. The smallest absolute Gasteiger partial charge is 0.493 e. The van der Waals surface area contributed by atoms with E-state index in [0.29, 0.717) is 20.6 Å². The highest BCUT2D eigenvalue weighted by molar-refractivity contribution is 14.1. The lowest BCUT2D eigenvalue weighted by atomic mass is 10.1. The SMILES string of the molecule is COc1cc(I)c(C(=O)Nc2ccc3c(c2)OC(F)(F)O3)cc1OC. The van der Waals surface area contributed by atoms with E-state index in [0.717, 1.165) is 0 Å². The predicted molar refractivity (Wildman–Crippen MR) is 92.9 cm³/mol. The summed E-state index contributed by atoms with van der Waals surface area (Å²) in [7, 11) is 2.96. The van der Waals surface area contributed by atoms with Crippen LogP contribution in [0.3, 0.4) is 0 Å². The van der Waals surface area contributed by atoms with Crippen LogP contribution in [0.2, 0.25) is 0 Å². The number of rotatable bonds is 4. The van der Waals surface area contributed by atoms with E-state index >= 15 is 0 Å². The zero-order chi connectivity index (χ0) is 18.2. The lowest BCUT2D eigenvalue weighted by molar-refractivity contribution is -0.286. The molecule has 6 nitrogen and oxygen atoms in total. The minimum absolute atomic E-state index is 0.0938. The Hall–Kier alpha value is -2.30. The monoisotopic (exact) mass is 463 g/mol. The van der Waals surface area contributed by atoms with Gasteiger partial charge in [0.15, 0.2) is 23.0 Å². The Bertz CT molecular complexity index is 844. The minimum atomic E-state index is -3.70. The Kier molecular flexibility index (Phi) is 4.58. The molecule has 0 spiro atoms. The molecule has 2 aromatic carbocycles. The summed E-state index contributed by atoms with van der Waals surface area (Å²) in [5.74, 6) is 0.219. The Balaban J connectivity index is 1.84. The summed E-state index contributed by atoms with van der Waals surface area (Å²) in [6.07, 6.45) is -3.70. The van der Waals surface area contributed by atoms with Crippen LogP contribution < -0.4 is 24.3 Å². The first-order valence-electron chi connectivity index (χ1n) is 6.96. The quantitative estimate of drug-likeness (QED) is 0.698. The van der Waals surface area contributed by atoms with Gasteiger partial charge in [-0.1, -0.05) is 0 Å². The Labute approximate surface area is 155 Å². The van der Waals surface area contributed by atoms with Crippen molar-refractivity contribution in [2.75, 3.05) is 19.5 Å². The number of nitrogens with one attached hydrogen (secondary N) is 1. The average Bonchev–Trinajstić information content (AvgIpc) is 2.87. The van der Waals surface area contributed by atoms with Crippen LogP contribution in [-0.4, -0.2) is 26.4 Å². The van der Waals surface area contributed by atoms with Gasteiger partial charge in [-0.3, -0.25) is 4.79 Å². The van der Waals surface area contributed by atoms with Gasteiger partial charge in [-0.2, -0.15) is 0 Å². The number of carbonyl (C=O) groups excluding carboxylic acids is 1. The van der Waals surface area contributed by atoms with Gasteiger partial charge in [-0.05, 0) is 46.9 Å². The molecular weight excluding hydrogens is 451 g/mol. The molecule has 0 atom stereocenters. The van der Waals surface area contributed by atoms with Crippen LogP contribution in [0.1, 0.15) is 10.4 Å². The van der Waals surface area contributed by atoms with E-state index in [4.69, 9.17) is 9.47 Å². The molecule has 25 heavy (non-hydrogen) atoms. The molecule has 0 unspecified atom stereocenters. The number of alkyl halides is 2. The van der Waals surface area contributed by atoms with Crippen LogP contribution >= 0.6 is 22.6 Å². The molecule has 0 fully saturated rings. The molecule has 2 aromatic rings. The van der Waals surface area contributed by atoms with E-state index in [2.05, 4.69) is 14.8 Å². The van der Waals surface area contributed by atoms with Gasteiger partial charge in [-0.25, -0.2) is 0 Å². The van der Waals surface area contributed by atoms with Gasteiger partial charge >= 0.3 is 6.29 Å². The molecule has 1 N–H and O–H groups in total. The van der Waals surface area contributed by atoms with E-state index < -0.39 is 12.2 Å². The van der Waals surface area contributed by atoms with Crippen LogP contribution in [0, 0.1) is 3.57 Å². The van der Waals surface area contributed by atoms with Gasteiger partial charge in [0, 0.05) is 15.3 Å². The van der Waals surface area contributed by atoms with Crippen molar-refractivity contribution >= 4 is 34.2 Å². The van der Waals surface area contributed by atoms with Crippen LogP contribution in [0.25, 0.3) is 0 Å². The van der Waals surface area contributed by atoms with Gasteiger partial charge in [0.2, 0.25) is 0 Å². The molecule has 0 bridgehead atoms. The fourth-order valence-corrected chi connectivity index (χ4v) is 2.94. The number of methoxy groups -OCH3 is 2. The zero-order valence-electron chi connectivity index (χ0n) is 13.1. The molecule has 132 valence electrons. The molecule has 1 heterocycles. The third kappa shape index (κ3) is 3.55. The van der Waals surface area contributed by atoms with Gasteiger partial charge in [0.05, 0.1) is 19.8 Å². The van der Waals surface area contributed by atoms with Crippen molar-refractivity contribution < 1.29 is 32.5 Å². The molecule has 0 saturated heterocycles. The Morgan fingerprint density at radius 1 is 1.08 bits per heavy atom. The highest BCUT2D eigenvalue weighted by Gasteiger charge is 2.43. The Morgan fingerprint density at radius 2 is 1.72 bits per heavy atom. The van der Waals surface area contributed by atoms with E-state index in [9.17, 15) is 13.6 Å². The minimum Gasteiger partial charge on any atom is -0.493 e. The topological polar surface area (TPSA) is 66.0 Å². The fourth-order valence-electron chi connectivity index (χ4n) is 2.25. The van der Waals surface area contributed by atoms with Crippen molar-refractivity contribution in [1.29, 1.82) is 0 Å².